The third-order valence-corrected chi connectivity index (χ3v) is 6.18. The molecule has 1 aliphatic rings. The van der Waals surface area contributed by atoms with Gasteiger partial charge in [-0.15, -0.1) is 0 Å². The molecule has 1 heterocycles. The lowest BCUT2D eigenvalue weighted by Crippen LogP contribution is -2.38. The highest BCUT2D eigenvalue weighted by Gasteiger charge is 2.29. The molecule has 0 atom stereocenters. The third kappa shape index (κ3) is 3.39. The summed E-state index contributed by atoms with van der Waals surface area (Å²) in [4.78, 5) is 11.1. The van der Waals surface area contributed by atoms with Crippen molar-refractivity contribution in [3.05, 3.63) is 28.8 Å². The minimum atomic E-state index is -3.66. The molecule has 0 radical (unpaired) electrons. The number of carboxylic acid groups (broad SMARTS) is 1. The van der Waals surface area contributed by atoms with Gasteiger partial charge in [-0.25, -0.2) is 13.2 Å². The van der Waals surface area contributed by atoms with Crippen LogP contribution in [-0.2, 0) is 10.0 Å². The normalized spacial score (nSPS) is 17.8. The molecule has 2 rings (SSSR count). The van der Waals surface area contributed by atoms with Gasteiger partial charge in [-0.05, 0) is 37.0 Å². The average Bonchev–Trinajstić information content (AvgIpc) is 2.47. The summed E-state index contributed by atoms with van der Waals surface area (Å²) in [6, 6.07) is 3.80. The predicted octanol–water partition coefficient (Wildman–Crippen LogP) is 2.85. The Balaban J connectivity index is 2.28. The Bertz CT molecular complexity index is 636. The van der Waals surface area contributed by atoms with Crippen molar-refractivity contribution < 1.29 is 18.3 Å². The van der Waals surface area contributed by atoms with E-state index < -0.39 is 16.0 Å². The second-order valence-electron chi connectivity index (χ2n) is 5.20. The van der Waals surface area contributed by atoms with Gasteiger partial charge in [0.2, 0.25) is 10.0 Å². The summed E-state index contributed by atoms with van der Waals surface area (Å²) >= 11 is 5.78. The number of halogens is 1. The van der Waals surface area contributed by atoms with E-state index in [1.807, 2.05) is 0 Å². The van der Waals surface area contributed by atoms with Crippen molar-refractivity contribution in [1.29, 1.82) is 0 Å². The van der Waals surface area contributed by atoms with E-state index in [0.29, 0.717) is 19.0 Å². The molecule has 0 unspecified atom stereocenters. The summed E-state index contributed by atoms with van der Waals surface area (Å²) in [6.07, 6.45) is 2.74. The van der Waals surface area contributed by atoms with Crippen molar-refractivity contribution in [1.82, 2.24) is 4.31 Å². The standard InChI is InChI=1S/C14H18ClNO4S/c1-2-10-5-7-16(8-6-10)21(19,20)11-3-4-13(15)12(9-11)14(17)18/h3-4,9-10H,2,5-8H2,1H3,(H,17,18). The van der Waals surface area contributed by atoms with Crippen LogP contribution in [0.4, 0.5) is 0 Å². The molecule has 1 saturated heterocycles. The van der Waals surface area contributed by atoms with E-state index in [-0.39, 0.29) is 15.5 Å². The molecule has 5 nitrogen and oxygen atoms in total. The van der Waals surface area contributed by atoms with Gasteiger partial charge in [0.1, 0.15) is 0 Å². The van der Waals surface area contributed by atoms with Crippen molar-refractivity contribution in [2.45, 2.75) is 31.1 Å². The lowest BCUT2D eigenvalue weighted by atomic mass is 9.96. The van der Waals surface area contributed by atoms with Crippen LogP contribution in [0.2, 0.25) is 5.02 Å². The molecule has 21 heavy (non-hydrogen) atoms. The average molecular weight is 332 g/mol. The largest absolute Gasteiger partial charge is 0.478 e. The van der Waals surface area contributed by atoms with Crippen LogP contribution in [0.3, 0.4) is 0 Å². The number of carboxylic acids is 1. The number of sulfonamides is 1. The number of hydrogen-bond acceptors (Lipinski definition) is 3. The van der Waals surface area contributed by atoms with Gasteiger partial charge in [0.05, 0.1) is 15.5 Å². The second-order valence-corrected chi connectivity index (χ2v) is 7.55. The fourth-order valence-corrected chi connectivity index (χ4v) is 4.23. The minimum Gasteiger partial charge on any atom is -0.478 e. The van der Waals surface area contributed by atoms with Gasteiger partial charge in [-0.2, -0.15) is 4.31 Å². The maximum absolute atomic E-state index is 12.6. The first-order valence-electron chi connectivity index (χ1n) is 6.89. The van der Waals surface area contributed by atoms with Crippen LogP contribution in [0.25, 0.3) is 0 Å². The summed E-state index contributed by atoms with van der Waals surface area (Å²) in [7, 11) is -3.66. The third-order valence-electron chi connectivity index (χ3n) is 3.96. The first-order chi connectivity index (χ1) is 9.86. The van der Waals surface area contributed by atoms with Gasteiger partial charge in [-0.3, -0.25) is 0 Å². The van der Waals surface area contributed by atoms with Crippen LogP contribution in [0.15, 0.2) is 23.1 Å². The molecule has 1 fully saturated rings. The van der Waals surface area contributed by atoms with E-state index in [1.54, 1.807) is 0 Å². The molecule has 0 aliphatic carbocycles. The zero-order chi connectivity index (χ0) is 15.6. The van der Waals surface area contributed by atoms with Gasteiger partial charge in [0.15, 0.2) is 0 Å². The molecular formula is C14H18ClNO4S. The van der Waals surface area contributed by atoms with Gasteiger partial charge >= 0.3 is 5.97 Å². The first kappa shape index (κ1) is 16.3. The Labute approximate surface area is 129 Å². The molecule has 0 aromatic heterocycles. The van der Waals surface area contributed by atoms with Crippen LogP contribution in [0.5, 0.6) is 0 Å². The fourth-order valence-electron chi connectivity index (χ4n) is 2.54. The molecule has 1 aliphatic heterocycles. The van der Waals surface area contributed by atoms with Crippen molar-refractivity contribution in [2.24, 2.45) is 5.92 Å². The Morgan fingerprint density at radius 1 is 1.38 bits per heavy atom. The molecule has 1 aromatic rings. The molecule has 7 heteroatoms. The van der Waals surface area contributed by atoms with Crippen LogP contribution in [0, 0.1) is 5.92 Å². The Kier molecular flexibility index (Phi) is 4.91. The van der Waals surface area contributed by atoms with Gasteiger partial charge in [0, 0.05) is 13.1 Å². The van der Waals surface area contributed by atoms with Crippen LogP contribution >= 0.6 is 11.6 Å². The molecular weight excluding hydrogens is 314 g/mol. The topological polar surface area (TPSA) is 74.7 Å². The summed E-state index contributed by atoms with van der Waals surface area (Å²) in [6.45, 7) is 3.06. The fraction of sp³-hybridized carbons (Fsp3) is 0.500. The monoisotopic (exact) mass is 331 g/mol. The van der Waals surface area contributed by atoms with E-state index >= 15 is 0 Å². The molecule has 1 aromatic carbocycles. The zero-order valence-electron chi connectivity index (χ0n) is 11.8. The highest BCUT2D eigenvalue weighted by molar-refractivity contribution is 7.89. The van der Waals surface area contributed by atoms with Crippen LogP contribution < -0.4 is 0 Å². The smallest absolute Gasteiger partial charge is 0.337 e. The summed E-state index contributed by atoms with van der Waals surface area (Å²) in [5.74, 6) is -0.669. The van der Waals surface area contributed by atoms with Crippen LogP contribution in [0.1, 0.15) is 36.5 Å². The maximum atomic E-state index is 12.6. The van der Waals surface area contributed by atoms with Gasteiger partial charge < -0.3 is 5.11 Å². The highest BCUT2D eigenvalue weighted by atomic mass is 35.5. The number of rotatable bonds is 4. The molecule has 0 saturated carbocycles. The summed E-state index contributed by atoms with van der Waals surface area (Å²) < 4.78 is 26.5. The lowest BCUT2D eigenvalue weighted by Gasteiger charge is -2.30. The van der Waals surface area contributed by atoms with Gasteiger partial charge in [0.25, 0.3) is 0 Å². The highest BCUT2D eigenvalue weighted by Crippen LogP contribution is 2.27. The number of aromatic carboxylic acids is 1. The lowest BCUT2D eigenvalue weighted by molar-refractivity contribution is 0.0697. The molecule has 1 N–H and O–H groups in total. The number of piperidine rings is 1. The molecule has 116 valence electrons. The van der Waals surface area contributed by atoms with Crippen molar-refractivity contribution in [3.63, 3.8) is 0 Å². The minimum absolute atomic E-state index is 0.0146. The van der Waals surface area contributed by atoms with E-state index in [0.717, 1.165) is 25.3 Å². The Morgan fingerprint density at radius 3 is 2.52 bits per heavy atom. The summed E-state index contributed by atoms with van der Waals surface area (Å²) in [5, 5.41) is 9.07. The Hall–Kier alpha value is -1.11. The molecule has 0 amide bonds. The predicted molar refractivity (Wildman–Crippen MR) is 80.2 cm³/mol. The van der Waals surface area contributed by atoms with Gasteiger partial charge in [-0.1, -0.05) is 24.9 Å². The number of hydrogen-bond donors (Lipinski definition) is 1. The number of nitrogens with zero attached hydrogens (tertiary/aromatic N) is 1. The zero-order valence-corrected chi connectivity index (χ0v) is 13.3. The van der Waals surface area contributed by atoms with Crippen LogP contribution in [-0.4, -0.2) is 36.9 Å². The van der Waals surface area contributed by atoms with E-state index in [9.17, 15) is 13.2 Å². The summed E-state index contributed by atoms with van der Waals surface area (Å²) in [5.41, 5.74) is -0.193. The quantitative estimate of drug-likeness (QED) is 0.920. The number of benzene rings is 1. The second kappa shape index (κ2) is 6.34. The van der Waals surface area contributed by atoms with E-state index in [4.69, 9.17) is 16.7 Å². The SMILES string of the molecule is CCC1CCN(S(=O)(=O)c2ccc(Cl)c(C(=O)O)c2)CC1. The first-order valence-corrected chi connectivity index (χ1v) is 8.71. The van der Waals surface area contributed by atoms with Crippen molar-refractivity contribution >= 4 is 27.6 Å². The maximum Gasteiger partial charge on any atom is 0.337 e. The van der Waals surface area contributed by atoms with Crippen molar-refractivity contribution in [3.8, 4) is 0 Å². The Morgan fingerprint density at radius 2 is 2.00 bits per heavy atom. The van der Waals surface area contributed by atoms with E-state index in [2.05, 4.69) is 6.92 Å². The molecule has 0 bridgehead atoms. The van der Waals surface area contributed by atoms with Crippen molar-refractivity contribution in [2.75, 3.05) is 13.1 Å². The molecule has 0 spiro atoms. The number of carbonyl (C=O) groups is 1. The van der Waals surface area contributed by atoms with E-state index in [1.165, 1.54) is 16.4 Å².